The Balaban J connectivity index is 1.20. The molecule has 1 N–H and O–H groups in total. The second-order valence-corrected chi connectivity index (χ2v) is 12.5. The number of amides is 2. The maximum absolute atomic E-state index is 13.5. The van der Waals surface area contributed by atoms with Gasteiger partial charge in [-0.3, -0.25) is 14.4 Å². The highest BCUT2D eigenvalue weighted by Crippen LogP contribution is 2.37. The van der Waals surface area contributed by atoms with Gasteiger partial charge < -0.3 is 14.6 Å². The number of likely N-dealkylation sites (tertiary alicyclic amines) is 1. The van der Waals surface area contributed by atoms with Gasteiger partial charge in [0.05, 0.1) is 11.4 Å². The Morgan fingerprint density at radius 2 is 1.80 bits per heavy atom. The highest BCUT2D eigenvalue weighted by Gasteiger charge is 2.25. The van der Waals surface area contributed by atoms with E-state index in [1.807, 2.05) is 48.2 Å². The standard InChI is InChI=1S/C37H37ClN2O4/c1-24-6-4-9-32-33(41)22-34(44-36(24)32)37(43)39-30(21-26-13-17-29(38)18-14-26)20-25-11-15-27(16-12-25)31-8-3-2-7-28(31)23-40-19-5-10-35(40)42/h2-4,6-9,13-14,17-18,20,22,27,30H,5,10-12,15-16,19,21,23H2,1H3,(H,39,43)/t27?,30-/m0/s1. The first-order valence-corrected chi connectivity index (χ1v) is 15.9. The van der Waals surface area contributed by atoms with Crippen molar-refractivity contribution in [2.45, 2.75) is 70.4 Å². The highest BCUT2D eigenvalue weighted by atomic mass is 35.5. The highest BCUT2D eigenvalue weighted by molar-refractivity contribution is 6.30. The first-order chi connectivity index (χ1) is 21.3. The topological polar surface area (TPSA) is 79.6 Å². The zero-order valence-electron chi connectivity index (χ0n) is 25.0. The molecule has 1 saturated carbocycles. The maximum atomic E-state index is 13.5. The summed E-state index contributed by atoms with van der Waals surface area (Å²) in [6, 6.07) is 22.6. The molecule has 44 heavy (non-hydrogen) atoms. The average Bonchev–Trinajstić information content (AvgIpc) is 3.43. The number of carbonyl (C=O) groups is 2. The minimum absolute atomic E-state index is 0.00750. The number of aryl methyl sites for hydroxylation is 1. The third kappa shape index (κ3) is 6.81. The molecular weight excluding hydrogens is 572 g/mol. The zero-order chi connectivity index (χ0) is 30.6. The van der Waals surface area contributed by atoms with Crippen molar-refractivity contribution in [3.05, 3.63) is 128 Å². The molecule has 2 heterocycles. The molecule has 1 saturated heterocycles. The molecule has 6 rings (SSSR count). The first kappa shape index (κ1) is 29.9. The SMILES string of the molecule is Cc1cccc2c(=O)cc(C(=O)N[C@@H](C=C3CCC(c4ccccc4CN4CCCC4=O)CC3)Cc3ccc(Cl)cc3)oc12. The lowest BCUT2D eigenvalue weighted by Crippen LogP contribution is -2.36. The summed E-state index contributed by atoms with van der Waals surface area (Å²) >= 11 is 6.13. The van der Waals surface area contributed by atoms with E-state index >= 15 is 0 Å². The number of nitrogens with zero attached hydrogens (tertiary/aromatic N) is 1. The summed E-state index contributed by atoms with van der Waals surface area (Å²) in [5.41, 5.74) is 5.96. The number of benzene rings is 3. The van der Waals surface area contributed by atoms with E-state index in [-0.39, 0.29) is 23.1 Å². The van der Waals surface area contributed by atoms with Crippen molar-refractivity contribution in [3.63, 3.8) is 0 Å². The number of carbonyl (C=O) groups excluding carboxylic acids is 2. The van der Waals surface area contributed by atoms with Crippen LogP contribution in [0.25, 0.3) is 11.0 Å². The van der Waals surface area contributed by atoms with Crippen molar-refractivity contribution in [2.24, 2.45) is 0 Å². The van der Waals surface area contributed by atoms with E-state index in [4.69, 9.17) is 16.0 Å². The Morgan fingerprint density at radius 3 is 2.55 bits per heavy atom. The molecular formula is C37H37ClN2O4. The van der Waals surface area contributed by atoms with Gasteiger partial charge in [0.1, 0.15) is 5.58 Å². The van der Waals surface area contributed by atoms with Gasteiger partial charge in [-0.2, -0.15) is 0 Å². The number of rotatable bonds is 8. The van der Waals surface area contributed by atoms with Crippen LogP contribution in [0, 0.1) is 6.92 Å². The molecule has 7 heteroatoms. The number of nitrogens with one attached hydrogen (secondary N) is 1. The van der Waals surface area contributed by atoms with Crippen LogP contribution in [-0.2, 0) is 17.8 Å². The molecule has 1 atom stereocenters. The van der Waals surface area contributed by atoms with Crippen LogP contribution in [0.3, 0.4) is 0 Å². The molecule has 0 bridgehead atoms. The second-order valence-electron chi connectivity index (χ2n) is 12.1. The van der Waals surface area contributed by atoms with Crippen LogP contribution >= 0.6 is 11.6 Å². The minimum Gasteiger partial charge on any atom is -0.450 e. The third-order valence-electron chi connectivity index (χ3n) is 8.95. The Labute approximate surface area is 262 Å². The monoisotopic (exact) mass is 608 g/mol. The van der Waals surface area contributed by atoms with E-state index in [0.717, 1.165) is 49.8 Å². The third-order valence-corrected chi connectivity index (χ3v) is 9.20. The Bertz CT molecular complexity index is 1760. The molecule has 1 aliphatic carbocycles. The Kier molecular flexibility index (Phi) is 8.99. The molecule has 0 unspecified atom stereocenters. The smallest absolute Gasteiger partial charge is 0.287 e. The van der Waals surface area contributed by atoms with Gasteiger partial charge in [0.15, 0.2) is 11.2 Å². The molecule has 1 aromatic heterocycles. The summed E-state index contributed by atoms with van der Waals surface area (Å²) in [7, 11) is 0. The molecule has 0 spiro atoms. The largest absolute Gasteiger partial charge is 0.450 e. The van der Waals surface area contributed by atoms with E-state index in [1.54, 1.807) is 6.07 Å². The minimum atomic E-state index is -0.415. The zero-order valence-corrected chi connectivity index (χ0v) is 25.7. The number of allylic oxidation sites excluding steroid dienone is 1. The summed E-state index contributed by atoms with van der Waals surface area (Å²) in [5, 5.41) is 4.26. The molecule has 3 aromatic carbocycles. The first-order valence-electron chi connectivity index (χ1n) is 15.5. The maximum Gasteiger partial charge on any atom is 0.287 e. The van der Waals surface area contributed by atoms with Crippen molar-refractivity contribution in [2.75, 3.05) is 6.54 Å². The molecule has 226 valence electrons. The van der Waals surface area contributed by atoms with Gasteiger partial charge in [0, 0.05) is 30.6 Å². The van der Waals surface area contributed by atoms with Crippen LogP contribution < -0.4 is 10.7 Å². The molecule has 2 aliphatic rings. The van der Waals surface area contributed by atoms with Crippen LogP contribution in [0.1, 0.15) is 77.3 Å². The Hall–Kier alpha value is -4.16. The van der Waals surface area contributed by atoms with E-state index < -0.39 is 5.91 Å². The molecule has 1 aliphatic heterocycles. The predicted octanol–water partition coefficient (Wildman–Crippen LogP) is 7.50. The van der Waals surface area contributed by atoms with Gasteiger partial charge in [-0.25, -0.2) is 0 Å². The van der Waals surface area contributed by atoms with Crippen LogP contribution in [0.2, 0.25) is 5.02 Å². The fourth-order valence-corrected chi connectivity index (χ4v) is 6.73. The number of hydrogen-bond acceptors (Lipinski definition) is 4. The fraction of sp³-hybridized carbons (Fsp3) is 0.324. The fourth-order valence-electron chi connectivity index (χ4n) is 6.60. The van der Waals surface area contributed by atoms with Crippen molar-refractivity contribution in [3.8, 4) is 0 Å². The number of halogens is 1. The normalized spacial score (nSPS) is 17.6. The summed E-state index contributed by atoms with van der Waals surface area (Å²) < 4.78 is 5.95. The van der Waals surface area contributed by atoms with Crippen LogP contribution in [0.15, 0.2) is 93.7 Å². The van der Waals surface area contributed by atoms with E-state index in [1.165, 1.54) is 22.8 Å². The quantitative estimate of drug-likeness (QED) is 0.210. The summed E-state index contributed by atoms with van der Waals surface area (Å²) in [4.78, 5) is 40.5. The van der Waals surface area contributed by atoms with Gasteiger partial charge in [-0.15, -0.1) is 0 Å². The summed E-state index contributed by atoms with van der Waals surface area (Å²) in [6.45, 7) is 3.39. The van der Waals surface area contributed by atoms with Gasteiger partial charge in [-0.05, 0) is 91.8 Å². The Morgan fingerprint density at radius 1 is 1.02 bits per heavy atom. The van der Waals surface area contributed by atoms with Crippen molar-refractivity contribution >= 4 is 34.4 Å². The van der Waals surface area contributed by atoms with Crippen molar-refractivity contribution in [1.29, 1.82) is 0 Å². The molecule has 2 amide bonds. The van der Waals surface area contributed by atoms with Crippen LogP contribution in [0.4, 0.5) is 0 Å². The lowest BCUT2D eigenvalue weighted by Gasteiger charge is -2.28. The lowest BCUT2D eigenvalue weighted by atomic mass is 9.79. The summed E-state index contributed by atoms with van der Waals surface area (Å²) in [5.74, 6) is 0.274. The average molecular weight is 609 g/mol. The van der Waals surface area contributed by atoms with Crippen LogP contribution in [-0.4, -0.2) is 29.3 Å². The number of fused-ring (bicyclic) bond motifs is 1. The van der Waals surface area contributed by atoms with Gasteiger partial charge >= 0.3 is 0 Å². The van der Waals surface area contributed by atoms with Crippen molar-refractivity contribution < 1.29 is 14.0 Å². The van der Waals surface area contributed by atoms with E-state index in [2.05, 4.69) is 35.7 Å². The molecule has 0 radical (unpaired) electrons. The van der Waals surface area contributed by atoms with Gasteiger partial charge in [-0.1, -0.05) is 71.8 Å². The van der Waals surface area contributed by atoms with E-state index in [0.29, 0.717) is 41.3 Å². The number of para-hydroxylation sites is 1. The lowest BCUT2D eigenvalue weighted by molar-refractivity contribution is -0.128. The number of hydrogen-bond donors (Lipinski definition) is 1. The molecule has 6 nitrogen and oxygen atoms in total. The van der Waals surface area contributed by atoms with Gasteiger partial charge in [0.25, 0.3) is 5.91 Å². The van der Waals surface area contributed by atoms with E-state index in [9.17, 15) is 14.4 Å². The van der Waals surface area contributed by atoms with Gasteiger partial charge in [0.2, 0.25) is 5.91 Å². The predicted molar refractivity (Wildman–Crippen MR) is 174 cm³/mol. The molecule has 2 fully saturated rings. The summed E-state index contributed by atoms with van der Waals surface area (Å²) in [6.07, 6.45) is 8.24. The second kappa shape index (κ2) is 13.2. The van der Waals surface area contributed by atoms with Crippen LogP contribution in [0.5, 0.6) is 0 Å². The van der Waals surface area contributed by atoms with Crippen molar-refractivity contribution in [1.82, 2.24) is 10.2 Å². The molecule has 4 aromatic rings.